The van der Waals surface area contributed by atoms with Gasteiger partial charge in [0.25, 0.3) is 5.91 Å². The number of nitrogens with zero attached hydrogens (tertiary/aromatic N) is 3. The topological polar surface area (TPSA) is 59.4 Å². The molecule has 0 atom stereocenters. The Balaban J connectivity index is 1.48. The molecule has 9 heteroatoms. The molecule has 1 fully saturated rings. The minimum atomic E-state index is -0.885. The predicted octanol–water partition coefficient (Wildman–Crippen LogP) is 6.05. The highest BCUT2D eigenvalue weighted by Crippen LogP contribution is 2.26. The van der Waals surface area contributed by atoms with Crippen molar-refractivity contribution >= 4 is 23.3 Å². The molecular formula is C27H31ClF2N4O2. The number of benzene rings is 2. The van der Waals surface area contributed by atoms with E-state index in [1.165, 1.54) is 12.1 Å². The highest BCUT2D eigenvalue weighted by Gasteiger charge is 2.22. The van der Waals surface area contributed by atoms with Gasteiger partial charge in [-0.05, 0) is 74.7 Å². The number of hydrogen-bond donors (Lipinski definition) is 1. The number of aryl methyl sites for hydroxylation is 1. The summed E-state index contributed by atoms with van der Waals surface area (Å²) in [5.41, 5.74) is 1.48. The Labute approximate surface area is 215 Å². The first-order valence-corrected chi connectivity index (χ1v) is 12.5. The van der Waals surface area contributed by atoms with Crippen LogP contribution in [0.2, 0.25) is 5.02 Å². The second-order valence-electron chi connectivity index (χ2n) is 9.66. The number of amides is 1. The second kappa shape index (κ2) is 11.4. The zero-order valence-corrected chi connectivity index (χ0v) is 21.5. The van der Waals surface area contributed by atoms with Gasteiger partial charge in [-0.25, -0.2) is 8.78 Å². The Hall–Kier alpha value is -2.97. The van der Waals surface area contributed by atoms with Gasteiger partial charge in [0.05, 0.1) is 13.2 Å². The van der Waals surface area contributed by atoms with Crippen LogP contribution < -0.4 is 10.1 Å². The third-order valence-corrected chi connectivity index (χ3v) is 6.31. The number of aromatic nitrogens is 2. The van der Waals surface area contributed by atoms with Gasteiger partial charge < -0.3 is 10.1 Å². The SMILES string of the molecule is Cc1cc(NC(=O)c2c(F)cc(CN3CCCC3)cc2F)nn1Cc1cc(Cl)ccc1OCC(C)C. The number of hydrogen-bond acceptors (Lipinski definition) is 4. The molecule has 0 radical (unpaired) electrons. The summed E-state index contributed by atoms with van der Waals surface area (Å²) in [6.45, 7) is 9.15. The van der Waals surface area contributed by atoms with Crippen LogP contribution in [0.1, 0.15) is 53.9 Å². The molecule has 1 aromatic heterocycles. The third-order valence-electron chi connectivity index (χ3n) is 6.07. The highest BCUT2D eigenvalue weighted by atomic mass is 35.5. The Bertz CT molecular complexity index is 1220. The van der Waals surface area contributed by atoms with E-state index < -0.39 is 23.1 Å². The van der Waals surface area contributed by atoms with E-state index in [0.29, 0.717) is 41.9 Å². The van der Waals surface area contributed by atoms with E-state index in [2.05, 4.69) is 29.2 Å². The molecule has 0 saturated carbocycles. The van der Waals surface area contributed by atoms with Gasteiger partial charge >= 0.3 is 0 Å². The molecule has 0 unspecified atom stereocenters. The van der Waals surface area contributed by atoms with E-state index in [0.717, 1.165) is 37.2 Å². The van der Waals surface area contributed by atoms with Crippen LogP contribution in [0.5, 0.6) is 5.75 Å². The van der Waals surface area contributed by atoms with Gasteiger partial charge in [-0.15, -0.1) is 0 Å². The zero-order valence-electron chi connectivity index (χ0n) is 20.8. The van der Waals surface area contributed by atoms with Crippen molar-refractivity contribution in [3.8, 4) is 5.75 Å². The van der Waals surface area contributed by atoms with E-state index in [4.69, 9.17) is 16.3 Å². The lowest BCUT2D eigenvalue weighted by Crippen LogP contribution is -2.20. The van der Waals surface area contributed by atoms with Gasteiger partial charge in [0.15, 0.2) is 5.82 Å². The minimum absolute atomic E-state index is 0.198. The molecule has 36 heavy (non-hydrogen) atoms. The maximum Gasteiger partial charge on any atom is 0.262 e. The summed E-state index contributed by atoms with van der Waals surface area (Å²) in [4.78, 5) is 14.9. The van der Waals surface area contributed by atoms with Crippen molar-refractivity contribution in [2.24, 2.45) is 5.92 Å². The van der Waals surface area contributed by atoms with Crippen LogP contribution in [0.4, 0.5) is 14.6 Å². The molecule has 0 aliphatic carbocycles. The lowest BCUT2D eigenvalue weighted by atomic mass is 10.1. The molecule has 1 saturated heterocycles. The Morgan fingerprint density at radius 1 is 1.11 bits per heavy atom. The van der Waals surface area contributed by atoms with Crippen molar-refractivity contribution in [1.82, 2.24) is 14.7 Å². The van der Waals surface area contributed by atoms with Crippen molar-refractivity contribution < 1.29 is 18.3 Å². The molecule has 0 bridgehead atoms. The first-order chi connectivity index (χ1) is 17.2. The number of ether oxygens (including phenoxy) is 1. The van der Waals surface area contributed by atoms with E-state index in [1.807, 2.05) is 19.1 Å². The summed E-state index contributed by atoms with van der Waals surface area (Å²) in [6.07, 6.45) is 2.17. The monoisotopic (exact) mass is 516 g/mol. The molecule has 1 amide bonds. The molecule has 1 N–H and O–H groups in total. The third kappa shape index (κ3) is 6.42. The average Bonchev–Trinajstić information content (AvgIpc) is 3.42. The van der Waals surface area contributed by atoms with Crippen LogP contribution >= 0.6 is 11.6 Å². The minimum Gasteiger partial charge on any atom is -0.493 e. The van der Waals surface area contributed by atoms with E-state index >= 15 is 0 Å². The van der Waals surface area contributed by atoms with Gasteiger partial charge in [0.1, 0.15) is 22.9 Å². The first-order valence-electron chi connectivity index (χ1n) is 12.2. The molecule has 3 aromatic rings. The summed E-state index contributed by atoms with van der Waals surface area (Å²) >= 11 is 6.20. The molecular weight excluding hydrogens is 486 g/mol. The smallest absolute Gasteiger partial charge is 0.262 e. The highest BCUT2D eigenvalue weighted by molar-refractivity contribution is 6.30. The standard InChI is InChI=1S/C27H31ClF2N4O2/c1-17(2)16-36-24-7-6-21(28)13-20(24)15-34-18(3)10-25(32-34)31-27(35)26-22(29)11-19(12-23(26)30)14-33-8-4-5-9-33/h6-7,10-13,17H,4-5,8-9,14-16H2,1-3H3,(H,31,32,35). The fourth-order valence-electron chi connectivity index (χ4n) is 4.27. The van der Waals surface area contributed by atoms with Gasteiger partial charge in [-0.2, -0.15) is 5.10 Å². The maximum absolute atomic E-state index is 14.8. The summed E-state index contributed by atoms with van der Waals surface area (Å²) in [5.74, 6) is -1.40. The lowest BCUT2D eigenvalue weighted by Gasteiger charge is -2.15. The van der Waals surface area contributed by atoms with Crippen LogP contribution in [0, 0.1) is 24.5 Å². The molecule has 2 aromatic carbocycles. The molecule has 2 heterocycles. The van der Waals surface area contributed by atoms with Crippen LogP contribution in [-0.2, 0) is 13.1 Å². The molecule has 1 aliphatic heterocycles. The first kappa shape index (κ1) is 26.1. The number of likely N-dealkylation sites (tertiary alicyclic amines) is 1. The maximum atomic E-state index is 14.8. The van der Waals surface area contributed by atoms with Crippen LogP contribution in [-0.4, -0.2) is 40.3 Å². The number of nitrogens with one attached hydrogen (secondary N) is 1. The van der Waals surface area contributed by atoms with Crippen molar-refractivity contribution in [2.75, 3.05) is 25.0 Å². The Kier molecular flexibility index (Phi) is 8.26. The molecule has 6 nitrogen and oxygen atoms in total. The largest absolute Gasteiger partial charge is 0.493 e. The summed E-state index contributed by atoms with van der Waals surface area (Å²) in [6, 6.07) is 9.51. The Morgan fingerprint density at radius 2 is 1.81 bits per heavy atom. The van der Waals surface area contributed by atoms with Gasteiger partial charge in [0, 0.05) is 28.9 Å². The number of carbonyl (C=O) groups is 1. The van der Waals surface area contributed by atoms with Crippen molar-refractivity contribution in [2.45, 2.75) is 46.7 Å². The van der Waals surface area contributed by atoms with Crippen LogP contribution in [0.3, 0.4) is 0 Å². The fraction of sp³-hybridized carbons (Fsp3) is 0.407. The van der Waals surface area contributed by atoms with E-state index in [1.54, 1.807) is 16.8 Å². The number of halogens is 3. The summed E-state index contributed by atoms with van der Waals surface area (Å²) < 4.78 is 37.1. The fourth-order valence-corrected chi connectivity index (χ4v) is 4.47. The summed E-state index contributed by atoms with van der Waals surface area (Å²) in [7, 11) is 0. The number of rotatable bonds is 9. The lowest BCUT2D eigenvalue weighted by molar-refractivity contribution is 0.101. The van der Waals surface area contributed by atoms with Gasteiger partial charge in [-0.1, -0.05) is 25.4 Å². The average molecular weight is 517 g/mol. The molecule has 4 rings (SSSR count). The molecule has 0 spiro atoms. The van der Waals surface area contributed by atoms with Crippen molar-refractivity contribution in [3.05, 3.63) is 75.4 Å². The van der Waals surface area contributed by atoms with Crippen molar-refractivity contribution in [3.63, 3.8) is 0 Å². The van der Waals surface area contributed by atoms with Gasteiger partial charge in [-0.3, -0.25) is 14.4 Å². The predicted molar refractivity (Wildman–Crippen MR) is 137 cm³/mol. The normalized spacial score (nSPS) is 14.0. The van der Waals surface area contributed by atoms with E-state index in [9.17, 15) is 13.6 Å². The summed E-state index contributed by atoms with van der Waals surface area (Å²) in [5, 5.41) is 7.51. The number of anilines is 1. The van der Waals surface area contributed by atoms with E-state index in [-0.39, 0.29) is 5.82 Å². The number of carbonyl (C=O) groups excluding carboxylic acids is 1. The molecule has 192 valence electrons. The quantitative estimate of drug-likeness (QED) is 0.376. The zero-order chi connectivity index (χ0) is 25.8. The van der Waals surface area contributed by atoms with Crippen LogP contribution in [0.25, 0.3) is 0 Å². The van der Waals surface area contributed by atoms with Crippen molar-refractivity contribution in [1.29, 1.82) is 0 Å². The van der Waals surface area contributed by atoms with Crippen LogP contribution in [0.15, 0.2) is 36.4 Å². The second-order valence-corrected chi connectivity index (χ2v) is 10.1. The Morgan fingerprint density at radius 3 is 2.47 bits per heavy atom. The van der Waals surface area contributed by atoms with Gasteiger partial charge in [0.2, 0.25) is 0 Å². The molecule has 1 aliphatic rings.